The molecule has 2 aliphatic heterocycles. The maximum atomic E-state index is 12.7. The largest absolute Gasteiger partial charge is 0.516 e. The molecular formula is C27H22F3N3O4S2. The lowest BCUT2D eigenvalue weighted by molar-refractivity contribution is -0.113. The fourth-order valence-electron chi connectivity index (χ4n) is 4.13. The zero-order valence-corrected chi connectivity index (χ0v) is 21.9. The van der Waals surface area contributed by atoms with E-state index in [4.69, 9.17) is 4.74 Å². The van der Waals surface area contributed by atoms with Gasteiger partial charge in [0.2, 0.25) is 0 Å². The molecule has 0 fully saturated rings. The van der Waals surface area contributed by atoms with Crippen molar-refractivity contribution in [3.8, 4) is 5.75 Å². The molecule has 1 amide bonds. The van der Waals surface area contributed by atoms with E-state index in [9.17, 15) is 26.4 Å². The molecule has 0 aromatic heterocycles. The lowest BCUT2D eigenvalue weighted by Crippen LogP contribution is -2.29. The highest BCUT2D eigenvalue weighted by Crippen LogP contribution is 2.38. The molecule has 0 spiro atoms. The van der Waals surface area contributed by atoms with E-state index in [-0.39, 0.29) is 11.6 Å². The molecule has 0 aliphatic carbocycles. The fraction of sp³-hybridized carbons (Fsp3) is 0.185. The van der Waals surface area contributed by atoms with Gasteiger partial charge in [-0.3, -0.25) is 9.52 Å². The van der Waals surface area contributed by atoms with E-state index in [0.29, 0.717) is 40.9 Å². The lowest BCUT2D eigenvalue weighted by Gasteiger charge is -2.18. The molecule has 3 aromatic carbocycles. The molecule has 0 saturated carbocycles. The molecule has 12 heteroatoms. The summed E-state index contributed by atoms with van der Waals surface area (Å²) in [4.78, 5) is 19.0. The van der Waals surface area contributed by atoms with E-state index in [1.54, 1.807) is 15.7 Å². The van der Waals surface area contributed by atoms with Crippen molar-refractivity contribution in [3.05, 3.63) is 94.4 Å². The summed E-state index contributed by atoms with van der Waals surface area (Å²) >= 11 is 1.20. The number of hydrogen-bond donors (Lipinski definition) is 1. The van der Waals surface area contributed by atoms with Crippen molar-refractivity contribution in [1.82, 2.24) is 0 Å². The summed E-state index contributed by atoms with van der Waals surface area (Å²) in [6, 6.07) is 21.6. The molecule has 7 nitrogen and oxygen atoms in total. The van der Waals surface area contributed by atoms with Crippen LogP contribution in [0.1, 0.15) is 16.7 Å². The van der Waals surface area contributed by atoms with Crippen LogP contribution in [-0.2, 0) is 27.7 Å². The molecule has 2 heterocycles. The van der Waals surface area contributed by atoms with E-state index in [1.807, 2.05) is 54.6 Å². The van der Waals surface area contributed by atoms with E-state index in [1.165, 1.54) is 35.5 Å². The molecule has 0 bridgehead atoms. The zero-order valence-electron chi connectivity index (χ0n) is 20.3. The normalized spacial score (nSPS) is 16.4. The number of fused-ring (bicyclic) bond motifs is 1. The standard InChI is InChI=1S/C27H22F3N3O4S2/c28-27(29,30)39(35,36)32-21-8-11-23-20(17-21)12-14-33(23)26-31-25(34)24(38-26)16-19-6-9-22(10-7-19)37-15-13-18-4-2-1-3-5-18/h1-11,16-17,32H,12-15H2. The number of amides is 1. The van der Waals surface area contributed by atoms with Gasteiger partial charge in [-0.1, -0.05) is 42.5 Å². The minimum Gasteiger partial charge on any atom is -0.493 e. The predicted octanol–water partition coefficient (Wildman–Crippen LogP) is 5.60. The second kappa shape index (κ2) is 10.8. The second-order valence-corrected chi connectivity index (χ2v) is 11.4. The highest BCUT2D eigenvalue weighted by molar-refractivity contribution is 8.18. The average Bonchev–Trinajstić information content (AvgIpc) is 3.47. The highest BCUT2D eigenvalue weighted by atomic mass is 32.2. The van der Waals surface area contributed by atoms with Crippen LogP contribution >= 0.6 is 11.8 Å². The van der Waals surface area contributed by atoms with Crippen LogP contribution < -0.4 is 14.4 Å². The maximum Gasteiger partial charge on any atom is 0.516 e. The van der Waals surface area contributed by atoms with Gasteiger partial charge in [-0.15, -0.1) is 0 Å². The molecule has 2 aliphatic rings. The van der Waals surface area contributed by atoms with Crippen LogP contribution in [-0.4, -0.2) is 38.2 Å². The first-order chi connectivity index (χ1) is 18.6. The van der Waals surface area contributed by atoms with Crippen molar-refractivity contribution in [1.29, 1.82) is 0 Å². The summed E-state index contributed by atoms with van der Waals surface area (Å²) in [6.07, 6.45) is 2.99. The quantitative estimate of drug-likeness (QED) is 0.370. The highest BCUT2D eigenvalue weighted by Gasteiger charge is 2.46. The number of carbonyl (C=O) groups excluding carboxylic acids is 1. The summed E-state index contributed by atoms with van der Waals surface area (Å²) in [5.41, 5.74) is -2.29. The molecule has 0 atom stereocenters. The Kier molecular flexibility index (Phi) is 7.41. The smallest absolute Gasteiger partial charge is 0.493 e. The van der Waals surface area contributed by atoms with Crippen molar-refractivity contribution < 1.29 is 31.1 Å². The second-order valence-electron chi connectivity index (χ2n) is 8.76. The number of benzene rings is 3. The predicted molar refractivity (Wildman–Crippen MR) is 146 cm³/mol. The van der Waals surface area contributed by atoms with Gasteiger partial charge in [-0.05, 0) is 71.3 Å². The third kappa shape index (κ3) is 6.12. The first kappa shape index (κ1) is 26.8. The van der Waals surface area contributed by atoms with E-state index < -0.39 is 15.5 Å². The van der Waals surface area contributed by atoms with Crippen LogP contribution in [0.3, 0.4) is 0 Å². The third-order valence-electron chi connectivity index (χ3n) is 6.05. The number of ether oxygens (including phenoxy) is 1. The number of alkyl halides is 3. The molecule has 1 N–H and O–H groups in total. The molecule has 39 heavy (non-hydrogen) atoms. The van der Waals surface area contributed by atoms with Gasteiger partial charge >= 0.3 is 15.5 Å². The van der Waals surface area contributed by atoms with Crippen molar-refractivity contribution in [2.75, 3.05) is 22.8 Å². The zero-order chi connectivity index (χ0) is 27.6. The summed E-state index contributed by atoms with van der Waals surface area (Å²) in [7, 11) is -5.51. The molecule has 3 aromatic rings. The number of thioether (sulfide) groups is 1. The van der Waals surface area contributed by atoms with Crippen molar-refractivity contribution in [2.45, 2.75) is 18.3 Å². The minimum absolute atomic E-state index is 0.182. The SMILES string of the molecule is O=C1N=C(N2CCc3cc(NS(=O)(=O)C(F)(F)F)ccc32)SC1=Cc1ccc(OCCc2ccccc2)cc1. The Morgan fingerprint density at radius 1 is 1.05 bits per heavy atom. The fourth-order valence-corrected chi connectivity index (χ4v) is 5.64. The Morgan fingerprint density at radius 3 is 2.51 bits per heavy atom. The van der Waals surface area contributed by atoms with Gasteiger partial charge in [-0.25, -0.2) is 0 Å². The van der Waals surface area contributed by atoms with Crippen LogP contribution in [0.4, 0.5) is 24.5 Å². The van der Waals surface area contributed by atoms with Gasteiger partial charge in [-0.2, -0.15) is 26.6 Å². The van der Waals surface area contributed by atoms with Gasteiger partial charge in [0.1, 0.15) is 5.75 Å². The van der Waals surface area contributed by atoms with Crippen LogP contribution in [0.15, 0.2) is 82.7 Å². The minimum atomic E-state index is -5.51. The lowest BCUT2D eigenvalue weighted by atomic mass is 10.1. The first-order valence-corrected chi connectivity index (χ1v) is 14.2. The number of anilines is 2. The third-order valence-corrected chi connectivity index (χ3v) is 8.17. The Labute approximate surface area is 227 Å². The number of carbonyl (C=O) groups is 1. The number of rotatable bonds is 7. The molecule has 0 saturated heterocycles. The number of amidine groups is 1. The number of nitrogens with one attached hydrogen (secondary N) is 1. The van der Waals surface area contributed by atoms with Crippen LogP contribution in [0.5, 0.6) is 5.75 Å². The van der Waals surface area contributed by atoms with Gasteiger partial charge in [0.05, 0.1) is 11.5 Å². The molecule has 5 rings (SSSR count). The van der Waals surface area contributed by atoms with E-state index >= 15 is 0 Å². The van der Waals surface area contributed by atoms with Gasteiger partial charge in [0.25, 0.3) is 5.91 Å². The molecule has 0 unspecified atom stereocenters. The number of sulfonamides is 1. The van der Waals surface area contributed by atoms with Crippen LogP contribution in [0.2, 0.25) is 0 Å². The number of nitrogens with zero attached hydrogens (tertiary/aromatic N) is 2. The average molecular weight is 574 g/mol. The van der Waals surface area contributed by atoms with Crippen LogP contribution in [0.25, 0.3) is 6.08 Å². The van der Waals surface area contributed by atoms with Gasteiger partial charge < -0.3 is 9.64 Å². The Balaban J connectivity index is 1.21. The topological polar surface area (TPSA) is 88.1 Å². The summed E-state index contributed by atoms with van der Waals surface area (Å²) in [6.45, 7) is 0.995. The molecular weight excluding hydrogens is 551 g/mol. The maximum absolute atomic E-state index is 12.7. The van der Waals surface area contributed by atoms with Crippen molar-refractivity contribution in [3.63, 3.8) is 0 Å². The number of halogens is 3. The Morgan fingerprint density at radius 2 is 1.79 bits per heavy atom. The van der Waals surface area contributed by atoms with Crippen molar-refractivity contribution in [2.24, 2.45) is 4.99 Å². The first-order valence-electron chi connectivity index (χ1n) is 11.9. The van der Waals surface area contributed by atoms with Crippen LogP contribution in [0, 0.1) is 0 Å². The summed E-state index contributed by atoms with van der Waals surface area (Å²) in [5, 5.41) is 0.453. The van der Waals surface area contributed by atoms with Gasteiger partial charge in [0.15, 0.2) is 5.17 Å². The van der Waals surface area contributed by atoms with Crippen molar-refractivity contribution >= 4 is 50.3 Å². The number of aliphatic imine (C=N–C) groups is 1. The molecule has 0 radical (unpaired) electrons. The monoisotopic (exact) mass is 573 g/mol. The number of hydrogen-bond acceptors (Lipinski definition) is 6. The van der Waals surface area contributed by atoms with Gasteiger partial charge in [0, 0.05) is 24.3 Å². The molecule has 202 valence electrons. The van der Waals surface area contributed by atoms with E-state index in [0.717, 1.165) is 17.7 Å². The summed E-state index contributed by atoms with van der Waals surface area (Å²) in [5.74, 6) is 0.335. The summed E-state index contributed by atoms with van der Waals surface area (Å²) < 4.78 is 68.3. The van der Waals surface area contributed by atoms with E-state index in [2.05, 4.69) is 4.99 Å². The Hall–Kier alpha value is -3.77. The Bertz CT molecular complexity index is 1560.